The Morgan fingerprint density at radius 3 is 2.45 bits per heavy atom. The second-order valence-corrected chi connectivity index (χ2v) is 4.07. The summed E-state index contributed by atoms with van der Waals surface area (Å²) in [5, 5.41) is 0. The molecule has 64 valence electrons. The molecule has 0 aliphatic carbocycles. The fourth-order valence-electron chi connectivity index (χ4n) is 2.08. The highest BCUT2D eigenvalue weighted by Crippen LogP contribution is 2.22. The van der Waals surface area contributed by atoms with E-state index < -0.39 is 0 Å². The molecule has 0 spiro atoms. The molecule has 1 atom stereocenters. The number of piperazine rings is 1. The van der Waals surface area contributed by atoms with E-state index in [2.05, 4.69) is 23.6 Å². The lowest BCUT2D eigenvalue weighted by Gasteiger charge is -2.49. The average molecular weight is 154 g/mol. The Bertz CT molecular complexity index is 144. The molecule has 11 heavy (non-hydrogen) atoms. The first-order valence-electron chi connectivity index (χ1n) is 4.75. The Balaban J connectivity index is 1.88. The van der Waals surface area contributed by atoms with E-state index in [0.29, 0.717) is 0 Å². The Morgan fingerprint density at radius 1 is 1.18 bits per heavy atom. The van der Waals surface area contributed by atoms with Crippen LogP contribution in [0.1, 0.15) is 20.3 Å². The first kappa shape index (κ1) is 7.56. The van der Waals surface area contributed by atoms with Crippen LogP contribution < -0.4 is 0 Å². The summed E-state index contributed by atoms with van der Waals surface area (Å²) in [4.78, 5) is 5.21. The third-order valence-electron chi connectivity index (χ3n) is 3.12. The summed E-state index contributed by atoms with van der Waals surface area (Å²) in [6.07, 6.45) is 1.43. The minimum Gasteiger partial charge on any atom is -0.298 e. The average Bonchev–Trinajstić information content (AvgIpc) is 1.91. The summed E-state index contributed by atoms with van der Waals surface area (Å²) in [6, 6.07) is 1.66. The highest BCUT2D eigenvalue weighted by atomic mass is 15.3. The number of hydrogen-bond donors (Lipinski definition) is 0. The number of nitrogens with zero attached hydrogens (tertiary/aromatic N) is 2. The van der Waals surface area contributed by atoms with Crippen molar-refractivity contribution < 1.29 is 0 Å². The Kier molecular flexibility index (Phi) is 1.90. The Labute approximate surface area is 69.2 Å². The largest absolute Gasteiger partial charge is 0.298 e. The van der Waals surface area contributed by atoms with E-state index in [1.54, 1.807) is 0 Å². The van der Waals surface area contributed by atoms with Crippen molar-refractivity contribution in [1.29, 1.82) is 0 Å². The van der Waals surface area contributed by atoms with Crippen LogP contribution in [0.15, 0.2) is 0 Å². The summed E-state index contributed by atoms with van der Waals surface area (Å²) in [7, 11) is 0. The Hall–Kier alpha value is -0.0800. The van der Waals surface area contributed by atoms with Crippen molar-refractivity contribution >= 4 is 0 Å². The van der Waals surface area contributed by atoms with E-state index in [-0.39, 0.29) is 0 Å². The van der Waals surface area contributed by atoms with Crippen molar-refractivity contribution in [3.63, 3.8) is 0 Å². The van der Waals surface area contributed by atoms with E-state index in [1.165, 1.54) is 32.6 Å². The smallest absolute Gasteiger partial charge is 0.0236 e. The SMILES string of the molecule is CC(C)N1CCN2CCC2C1. The number of hydrogen-bond acceptors (Lipinski definition) is 2. The molecule has 0 aromatic carbocycles. The van der Waals surface area contributed by atoms with Crippen molar-refractivity contribution in [2.24, 2.45) is 0 Å². The molecule has 0 radical (unpaired) electrons. The van der Waals surface area contributed by atoms with E-state index in [0.717, 1.165) is 12.1 Å². The number of fused-ring (bicyclic) bond motifs is 1. The van der Waals surface area contributed by atoms with Gasteiger partial charge in [0.1, 0.15) is 0 Å². The molecular formula is C9H18N2. The van der Waals surface area contributed by atoms with E-state index in [1.807, 2.05) is 0 Å². The molecule has 0 amide bonds. The lowest BCUT2D eigenvalue weighted by Crippen LogP contribution is -2.61. The van der Waals surface area contributed by atoms with Gasteiger partial charge in [0.15, 0.2) is 0 Å². The van der Waals surface area contributed by atoms with Crippen LogP contribution in [0.5, 0.6) is 0 Å². The molecule has 2 rings (SSSR count). The summed E-state index contributed by atoms with van der Waals surface area (Å²) >= 11 is 0. The van der Waals surface area contributed by atoms with E-state index in [4.69, 9.17) is 0 Å². The van der Waals surface area contributed by atoms with Crippen LogP contribution >= 0.6 is 0 Å². The summed E-state index contributed by atoms with van der Waals surface area (Å²) in [6.45, 7) is 9.87. The van der Waals surface area contributed by atoms with Crippen LogP contribution in [0.2, 0.25) is 0 Å². The van der Waals surface area contributed by atoms with Crippen LogP contribution in [0.3, 0.4) is 0 Å². The molecule has 0 bridgehead atoms. The summed E-state index contributed by atoms with van der Waals surface area (Å²) in [5.74, 6) is 0. The van der Waals surface area contributed by atoms with Crippen molar-refractivity contribution in [1.82, 2.24) is 9.80 Å². The monoisotopic (exact) mass is 154 g/mol. The second kappa shape index (κ2) is 2.76. The lowest BCUT2D eigenvalue weighted by molar-refractivity contribution is -0.00499. The first-order chi connectivity index (χ1) is 5.27. The van der Waals surface area contributed by atoms with E-state index in [9.17, 15) is 0 Å². The molecule has 2 aliphatic rings. The standard InChI is InChI=1S/C9H18N2/c1-8(2)11-6-5-10-4-3-9(10)7-11/h8-9H,3-7H2,1-2H3. The molecule has 2 heteroatoms. The van der Waals surface area contributed by atoms with Gasteiger partial charge in [-0.05, 0) is 20.3 Å². The summed E-state index contributed by atoms with van der Waals surface area (Å²) in [5.41, 5.74) is 0. The van der Waals surface area contributed by atoms with Gasteiger partial charge in [0, 0.05) is 38.3 Å². The molecule has 2 nitrogen and oxygen atoms in total. The third kappa shape index (κ3) is 1.30. The van der Waals surface area contributed by atoms with Crippen molar-refractivity contribution in [3.8, 4) is 0 Å². The maximum absolute atomic E-state index is 2.61. The predicted molar refractivity (Wildman–Crippen MR) is 46.7 cm³/mol. The zero-order valence-electron chi connectivity index (χ0n) is 7.58. The fraction of sp³-hybridized carbons (Fsp3) is 1.00. The highest BCUT2D eigenvalue weighted by Gasteiger charge is 2.33. The summed E-state index contributed by atoms with van der Waals surface area (Å²) < 4.78 is 0. The molecule has 0 N–H and O–H groups in total. The van der Waals surface area contributed by atoms with Gasteiger partial charge in [0.2, 0.25) is 0 Å². The molecular weight excluding hydrogens is 136 g/mol. The zero-order valence-corrected chi connectivity index (χ0v) is 7.58. The molecule has 0 saturated carbocycles. The highest BCUT2D eigenvalue weighted by molar-refractivity contribution is 4.90. The first-order valence-corrected chi connectivity index (χ1v) is 4.75. The van der Waals surface area contributed by atoms with Gasteiger partial charge in [0.25, 0.3) is 0 Å². The maximum atomic E-state index is 2.61. The quantitative estimate of drug-likeness (QED) is 0.551. The second-order valence-electron chi connectivity index (χ2n) is 4.07. The topological polar surface area (TPSA) is 6.48 Å². The molecule has 2 aliphatic heterocycles. The van der Waals surface area contributed by atoms with Gasteiger partial charge < -0.3 is 0 Å². The maximum Gasteiger partial charge on any atom is 0.0236 e. The Morgan fingerprint density at radius 2 is 2.00 bits per heavy atom. The normalized spacial score (nSPS) is 33.5. The minimum absolute atomic E-state index is 0.748. The van der Waals surface area contributed by atoms with Crippen LogP contribution in [0.4, 0.5) is 0 Å². The van der Waals surface area contributed by atoms with Gasteiger partial charge in [-0.3, -0.25) is 9.80 Å². The zero-order chi connectivity index (χ0) is 7.84. The molecule has 2 heterocycles. The van der Waals surface area contributed by atoms with Crippen molar-refractivity contribution in [2.45, 2.75) is 32.4 Å². The molecule has 0 aromatic heterocycles. The van der Waals surface area contributed by atoms with E-state index >= 15 is 0 Å². The number of rotatable bonds is 1. The molecule has 2 saturated heterocycles. The van der Waals surface area contributed by atoms with Crippen LogP contribution in [0, 0.1) is 0 Å². The molecule has 2 fully saturated rings. The van der Waals surface area contributed by atoms with Gasteiger partial charge >= 0.3 is 0 Å². The van der Waals surface area contributed by atoms with Gasteiger partial charge in [-0.1, -0.05) is 0 Å². The molecule has 0 aromatic rings. The van der Waals surface area contributed by atoms with Gasteiger partial charge in [-0.15, -0.1) is 0 Å². The third-order valence-corrected chi connectivity index (χ3v) is 3.12. The fourth-order valence-corrected chi connectivity index (χ4v) is 2.08. The van der Waals surface area contributed by atoms with Crippen LogP contribution in [-0.2, 0) is 0 Å². The van der Waals surface area contributed by atoms with Crippen LogP contribution in [-0.4, -0.2) is 48.1 Å². The molecule has 1 unspecified atom stereocenters. The predicted octanol–water partition coefficient (Wildman–Crippen LogP) is 0.785. The lowest BCUT2D eigenvalue weighted by atomic mass is 9.99. The van der Waals surface area contributed by atoms with Gasteiger partial charge in [-0.25, -0.2) is 0 Å². The van der Waals surface area contributed by atoms with Gasteiger partial charge in [0.05, 0.1) is 0 Å². The van der Waals surface area contributed by atoms with Gasteiger partial charge in [-0.2, -0.15) is 0 Å². The minimum atomic E-state index is 0.748. The van der Waals surface area contributed by atoms with Crippen molar-refractivity contribution in [3.05, 3.63) is 0 Å². The van der Waals surface area contributed by atoms with Crippen molar-refractivity contribution in [2.75, 3.05) is 26.2 Å². The van der Waals surface area contributed by atoms with Crippen LogP contribution in [0.25, 0.3) is 0 Å².